The maximum Gasteiger partial charge on any atom is 0.261 e. The molecule has 13 rings (SSSR count). The third kappa shape index (κ3) is 14.6. The van der Waals surface area contributed by atoms with Crippen LogP contribution in [0.4, 0.5) is 17.1 Å². The summed E-state index contributed by atoms with van der Waals surface area (Å²) < 4.78 is 0. The first-order valence-corrected chi connectivity index (χ1v) is 30.2. The van der Waals surface area contributed by atoms with Crippen LogP contribution in [0.1, 0.15) is 115 Å². The number of nitrogens with zero attached hydrogens (tertiary/aromatic N) is 5. The molecule has 0 fully saturated rings. The van der Waals surface area contributed by atoms with Gasteiger partial charge in [-0.15, -0.1) is 0 Å². The van der Waals surface area contributed by atoms with E-state index in [1.165, 1.54) is 10.5 Å². The highest BCUT2D eigenvalue weighted by atomic mass is 16.3. The Morgan fingerprint density at radius 2 is 0.720 bits per heavy atom. The van der Waals surface area contributed by atoms with Gasteiger partial charge >= 0.3 is 0 Å². The van der Waals surface area contributed by atoms with Gasteiger partial charge in [0.25, 0.3) is 23.6 Å². The van der Waals surface area contributed by atoms with E-state index in [0.717, 1.165) is 72.4 Å². The number of pyridine rings is 3. The van der Waals surface area contributed by atoms with E-state index in [-0.39, 0.29) is 70.5 Å². The van der Waals surface area contributed by atoms with Crippen LogP contribution in [-0.2, 0) is 33.8 Å². The van der Waals surface area contributed by atoms with Gasteiger partial charge in [0.15, 0.2) is 0 Å². The summed E-state index contributed by atoms with van der Waals surface area (Å²) in [6.45, 7) is 4.18. The van der Waals surface area contributed by atoms with Crippen molar-refractivity contribution in [1.29, 1.82) is 0 Å². The van der Waals surface area contributed by atoms with Gasteiger partial charge < -0.3 is 26.8 Å². The summed E-state index contributed by atoms with van der Waals surface area (Å²) in [4.78, 5) is 106. The molecule has 3 atom stereocenters. The first-order valence-electron chi connectivity index (χ1n) is 30.2. The summed E-state index contributed by atoms with van der Waals surface area (Å²) in [6.07, 6.45) is 12.3. The van der Waals surface area contributed by atoms with Gasteiger partial charge in [-0.05, 0) is 141 Å². The molecule has 6 N–H and O–H groups in total. The zero-order valence-corrected chi connectivity index (χ0v) is 50.5. The third-order valence-electron chi connectivity index (χ3n) is 16.5. The smallest absolute Gasteiger partial charge is 0.261 e. The Bertz CT molecular complexity index is 4300. The summed E-state index contributed by atoms with van der Waals surface area (Å²) in [6, 6.07) is 58.7. The molecule has 11 aromatic rings. The maximum absolute atomic E-state index is 13.5. The highest BCUT2D eigenvalue weighted by Crippen LogP contribution is 2.32. The lowest BCUT2D eigenvalue weighted by Gasteiger charge is -2.23. The van der Waals surface area contributed by atoms with Gasteiger partial charge in [-0.1, -0.05) is 137 Å². The number of nitrogens with two attached hydrogens (primary N) is 1. The van der Waals surface area contributed by atoms with Crippen molar-refractivity contribution >= 4 is 90.7 Å². The van der Waals surface area contributed by atoms with Crippen molar-refractivity contribution in [3.63, 3.8) is 0 Å². The molecule has 0 spiro atoms. The molecule has 3 aromatic heterocycles. The number of nitrogens with one attached hydrogen (secondary N) is 3. The largest absolute Gasteiger partial charge is 0.392 e. The predicted octanol–water partition coefficient (Wildman–Crippen LogP) is 12.9. The molecule has 3 unspecified atom stereocenters. The number of amides is 7. The number of fused-ring (bicyclic) bond motifs is 5. The fraction of sp³-hybridized carbons (Fsp3) is 0.158. The van der Waals surface area contributed by atoms with Gasteiger partial charge in [-0.2, -0.15) is 0 Å². The molecule has 0 saturated heterocycles. The zero-order chi connectivity index (χ0) is 64.3. The van der Waals surface area contributed by atoms with E-state index in [2.05, 4.69) is 44.7 Å². The van der Waals surface area contributed by atoms with Crippen molar-refractivity contribution in [2.75, 3.05) is 35.6 Å². The summed E-state index contributed by atoms with van der Waals surface area (Å²) in [5.41, 5.74) is 14.7. The SMILES string of the molecule is C.CCc1ccc(C(CN)C(=O)Nc2ccc3cnccc3c2)cc1.CCc1ccc(C(CN2C(=O)c3ccccc3C2=O)C(=O)Nc2ccc3cnccc3c2)cc1.O=C(Nc1ccc2cnccc2c1)C(CN1C(=O)c2ccccc2C1=O)c1ccc(CO)cc1.[HH]. The van der Waals surface area contributed by atoms with Gasteiger partial charge in [-0.3, -0.25) is 58.3 Å². The molecular formula is C76H71N9O8. The fourth-order valence-corrected chi connectivity index (χ4v) is 11.2. The van der Waals surface area contributed by atoms with Gasteiger partial charge in [0.05, 0.1) is 46.6 Å². The molecule has 468 valence electrons. The first-order chi connectivity index (χ1) is 44.8. The Morgan fingerprint density at radius 3 is 1.02 bits per heavy atom. The number of carbonyl (C=O) groups is 7. The number of aliphatic hydroxyl groups excluding tert-OH is 1. The van der Waals surface area contributed by atoms with Crippen molar-refractivity contribution in [2.45, 2.75) is 58.5 Å². The van der Waals surface area contributed by atoms with Crippen LogP contribution in [-0.4, -0.2) is 90.8 Å². The third-order valence-corrected chi connectivity index (χ3v) is 16.5. The summed E-state index contributed by atoms with van der Waals surface area (Å²) in [5.74, 6) is -4.17. The Hall–Kier alpha value is -11.4. The van der Waals surface area contributed by atoms with Crippen molar-refractivity contribution in [3.05, 3.63) is 287 Å². The van der Waals surface area contributed by atoms with Crippen LogP contribution in [0.3, 0.4) is 0 Å². The average Bonchev–Trinajstić information content (AvgIpc) is 1.63. The van der Waals surface area contributed by atoms with E-state index in [1.54, 1.807) is 116 Å². The molecule has 0 bridgehead atoms. The standard InChI is InChI=1S/C28H23N3O3.C27H21N3O4.C20H21N3O.CH4.H2/c1-2-18-7-9-19(10-8-18)25(17-31-27(33)23-5-3-4-6-24(23)28(31)34)26(32)30-22-12-11-21-16-29-14-13-20(21)15-22;31-16-17-5-7-18(8-6-17)24(15-30-26(33)22-3-1-2-4-23(22)27(30)34)25(32)29-21-10-9-20-14-28-12-11-19(20)13-21;1-2-14-3-5-15(6-4-14)19(12-21)20(24)23-18-8-7-17-13-22-10-9-16(17)11-18;;/h3-16,25H,2,17H2,1H3,(H,30,32);1-14,24,31H,15-16H2,(H,29,32);3-11,13,19H,2,12,21H2,1H3,(H,23,24);1H4;1H. The normalized spacial score (nSPS) is 13.2. The number of benzene rings is 8. The second kappa shape index (κ2) is 29.5. The summed E-state index contributed by atoms with van der Waals surface area (Å²) in [7, 11) is 0. The van der Waals surface area contributed by atoms with Crippen LogP contribution in [0.2, 0.25) is 0 Å². The fourth-order valence-electron chi connectivity index (χ4n) is 11.2. The van der Waals surface area contributed by atoms with Crippen molar-refractivity contribution < 1.29 is 40.1 Å². The van der Waals surface area contributed by atoms with Crippen molar-refractivity contribution in [2.24, 2.45) is 5.73 Å². The van der Waals surface area contributed by atoms with E-state index < -0.39 is 23.7 Å². The van der Waals surface area contributed by atoms with E-state index >= 15 is 0 Å². The predicted molar refractivity (Wildman–Crippen MR) is 365 cm³/mol. The monoisotopic (exact) mass is 1240 g/mol. The molecule has 0 saturated carbocycles. The number of aliphatic hydroxyl groups is 1. The van der Waals surface area contributed by atoms with Gasteiger partial charge in [-0.25, -0.2) is 0 Å². The average molecular weight is 1240 g/mol. The molecule has 8 aromatic carbocycles. The number of rotatable bonds is 17. The van der Waals surface area contributed by atoms with Crippen LogP contribution in [0.15, 0.2) is 231 Å². The van der Waals surface area contributed by atoms with Crippen LogP contribution in [0, 0.1) is 0 Å². The molecular weight excluding hydrogens is 1170 g/mol. The first kappa shape index (κ1) is 64.6. The molecule has 7 amide bonds. The van der Waals surface area contributed by atoms with Crippen LogP contribution < -0.4 is 21.7 Å². The summed E-state index contributed by atoms with van der Waals surface area (Å²) >= 11 is 0. The van der Waals surface area contributed by atoms with E-state index in [0.29, 0.717) is 44.8 Å². The van der Waals surface area contributed by atoms with Gasteiger partial charge in [0.2, 0.25) is 17.7 Å². The Balaban J connectivity index is 0.000000167. The Kier molecular flexibility index (Phi) is 20.5. The maximum atomic E-state index is 13.5. The topological polar surface area (TPSA) is 247 Å². The quantitative estimate of drug-likeness (QED) is 0.0534. The number of imide groups is 2. The minimum absolute atomic E-state index is 0. The number of aromatic nitrogens is 3. The number of anilines is 3. The van der Waals surface area contributed by atoms with Crippen LogP contribution in [0.5, 0.6) is 0 Å². The molecule has 2 aliphatic rings. The van der Waals surface area contributed by atoms with Crippen molar-refractivity contribution in [1.82, 2.24) is 24.8 Å². The van der Waals surface area contributed by atoms with E-state index in [1.807, 2.05) is 115 Å². The number of carbonyl (C=O) groups excluding carboxylic acids is 7. The highest BCUT2D eigenvalue weighted by molar-refractivity contribution is 6.22. The minimum atomic E-state index is -0.803. The number of aryl methyl sites for hydroxylation is 2. The molecule has 2 aliphatic heterocycles. The lowest BCUT2D eigenvalue weighted by molar-refractivity contribution is -0.118. The second-order valence-electron chi connectivity index (χ2n) is 22.3. The van der Waals surface area contributed by atoms with Gasteiger partial charge in [0.1, 0.15) is 0 Å². The van der Waals surface area contributed by atoms with Gasteiger partial charge in [0, 0.05) is 91.5 Å². The number of hydrogen-bond acceptors (Lipinski definition) is 12. The highest BCUT2D eigenvalue weighted by Gasteiger charge is 2.40. The van der Waals surface area contributed by atoms with E-state index in [9.17, 15) is 38.7 Å². The summed E-state index contributed by atoms with van der Waals surface area (Å²) in [5, 5.41) is 24.1. The molecule has 0 aliphatic carbocycles. The minimum Gasteiger partial charge on any atom is -0.392 e. The molecule has 17 heteroatoms. The molecule has 0 radical (unpaired) electrons. The number of hydrogen-bond donors (Lipinski definition) is 5. The molecule has 5 heterocycles. The van der Waals surface area contributed by atoms with Crippen LogP contribution >= 0.6 is 0 Å². The lowest BCUT2D eigenvalue weighted by Crippen LogP contribution is -2.38. The van der Waals surface area contributed by atoms with Crippen molar-refractivity contribution in [3.8, 4) is 0 Å². The Morgan fingerprint density at radius 1 is 0.419 bits per heavy atom. The lowest BCUT2D eigenvalue weighted by atomic mass is 9.95. The Labute approximate surface area is 539 Å². The molecule has 17 nitrogen and oxygen atoms in total. The zero-order valence-electron chi connectivity index (χ0n) is 50.5. The van der Waals surface area contributed by atoms with Crippen LogP contribution in [0.25, 0.3) is 32.3 Å². The molecule has 93 heavy (non-hydrogen) atoms. The van der Waals surface area contributed by atoms with E-state index in [4.69, 9.17) is 5.73 Å². The second-order valence-corrected chi connectivity index (χ2v) is 22.3.